The topological polar surface area (TPSA) is 150 Å². The number of aryl methyl sites for hydroxylation is 1. The molecule has 1 fully saturated rings. The van der Waals surface area contributed by atoms with Gasteiger partial charge in [0.2, 0.25) is 5.95 Å². The number of amidine groups is 1. The smallest absolute Gasteiger partial charge is 0.382 e. The molecule has 0 atom stereocenters. The van der Waals surface area contributed by atoms with E-state index in [9.17, 15) is 18.0 Å². The molecule has 3 aromatic rings. The summed E-state index contributed by atoms with van der Waals surface area (Å²) in [4.78, 5) is 32.5. The van der Waals surface area contributed by atoms with Crippen molar-refractivity contribution in [1.82, 2.24) is 14.9 Å². The molecule has 246 valence electrons. The molecule has 12 nitrogen and oxygen atoms in total. The first-order valence-electron chi connectivity index (χ1n) is 14.5. The monoisotopic (exact) mass is 640 g/mol. The number of hydrogen-bond donors (Lipinski definition) is 4. The Morgan fingerprint density at radius 2 is 1.85 bits per heavy atom. The second kappa shape index (κ2) is 14.5. The van der Waals surface area contributed by atoms with Crippen LogP contribution in [0.15, 0.2) is 54.2 Å². The number of amides is 1. The van der Waals surface area contributed by atoms with Gasteiger partial charge in [0.05, 0.1) is 24.5 Å². The standard InChI is InChI=1S/C31H39F3N10O2/c1-6-37-25-26(40-30(41-27(25)35)44-11-13-46-14-12-44)28(36)39-24-15-20(8-7-19(24)2)29(45)38-22-16-21(31(32,33)34)17-23(18-22)43(5)10-9-42(3)4/h6-8,15-18,37H,1,9-14H2,2-5H3,(H2,36,39)(H,38,45)(H2,35,40,41). The number of anilines is 5. The molecular weight excluding hydrogens is 601 g/mol. The maximum atomic E-state index is 13.8. The summed E-state index contributed by atoms with van der Waals surface area (Å²) in [5, 5.41) is 5.52. The van der Waals surface area contributed by atoms with Crippen LogP contribution in [0.4, 0.5) is 47.7 Å². The Bertz CT molecular complexity index is 1600. The quantitative estimate of drug-likeness (QED) is 0.179. The summed E-state index contributed by atoms with van der Waals surface area (Å²) >= 11 is 0. The Hall–Kier alpha value is -4.89. The molecule has 1 aliphatic rings. The summed E-state index contributed by atoms with van der Waals surface area (Å²) in [5.41, 5.74) is 13.9. The van der Waals surface area contributed by atoms with E-state index in [1.807, 2.05) is 23.9 Å². The highest BCUT2D eigenvalue weighted by atomic mass is 19.4. The van der Waals surface area contributed by atoms with Crippen molar-refractivity contribution < 1.29 is 22.7 Å². The number of alkyl halides is 3. The van der Waals surface area contributed by atoms with Crippen LogP contribution in [-0.4, -0.2) is 87.1 Å². The van der Waals surface area contributed by atoms with Gasteiger partial charge >= 0.3 is 6.18 Å². The van der Waals surface area contributed by atoms with Crippen LogP contribution in [0.2, 0.25) is 0 Å². The zero-order valence-corrected chi connectivity index (χ0v) is 26.3. The van der Waals surface area contributed by atoms with E-state index < -0.39 is 17.6 Å². The molecule has 0 radical (unpaired) electrons. The number of hydrogen-bond acceptors (Lipinski definition) is 10. The fraction of sp³-hybridized carbons (Fsp3) is 0.355. The number of nitrogens with one attached hydrogen (secondary N) is 2. The number of nitrogens with two attached hydrogens (primary N) is 2. The third kappa shape index (κ3) is 8.43. The van der Waals surface area contributed by atoms with Gasteiger partial charge in [-0.1, -0.05) is 12.6 Å². The Labute approximate surface area is 265 Å². The van der Waals surface area contributed by atoms with Gasteiger partial charge in [-0.05, 0) is 63.1 Å². The zero-order valence-electron chi connectivity index (χ0n) is 26.3. The summed E-state index contributed by atoms with van der Waals surface area (Å²) in [6.45, 7) is 8.74. The highest BCUT2D eigenvalue weighted by molar-refractivity contribution is 6.06. The first kappa shape index (κ1) is 34.0. The van der Waals surface area contributed by atoms with Gasteiger partial charge in [0.1, 0.15) is 11.4 Å². The second-order valence-electron chi connectivity index (χ2n) is 11.0. The number of ether oxygens (including phenoxy) is 1. The summed E-state index contributed by atoms with van der Waals surface area (Å²) in [6, 6.07) is 8.21. The van der Waals surface area contributed by atoms with Crippen molar-refractivity contribution in [3.63, 3.8) is 0 Å². The molecule has 0 spiro atoms. The predicted molar refractivity (Wildman–Crippen MR) is 176 cm³/mol. The molecule has 0 unspecified atom stereocenters. The molecule has 1 aromatic heterocycles. The number of morpholine rings is 1. The van der Waals surface area contributed by atoms with Gasteiger partial charge in [-0.25, -0.2) is 9.98 Å². The Kier molecular flexibility index (Phi) is 10.7. The molecule has 1 amide bonds. The van der Waals surface area contributed by atoms with Crippen LogP contribution in [0.5, 0.6) is 0 Å². The molecule has 6 N–H and O–H groups in total. The van der Waals surface area contributed by atoms with Crippen LogP contribution in [-0.2, 0) is 10.9 Å². The van der Waals surface area contributed by atoms with E-state index >= 15 is 0 Å². The number of nitrogen functional groups attached to an aromatic ring is 1. The molecule has 1 aliphatic heterocycles. The first-order valence-corrected chi connectivity index (χ1v) is 14.5. The number of carbonyl (C=O) groups is 1. The molecule has 15 heteroatoms. The van der Waals surface area contributed by atoms with Crippen molar-refractivity contribution in [1.29, 1.82) is 0 Å². The number of benzene rings is 2. The summed E-state index contributed by atoms with van der Waals surface area (Å²) in [5.74, 6) is -0.119. The predicted octanol–water partition coefficient (Wildman–Crippen LogP) is 4.07. The van der Waals surface area contributed by atoms with E-state index in [0.717, 1.165) is 12.1 Å². The van der Waals surface area contributed by atoms with Crippen molar-refractivity contribution >= 4 is 46.3 Å². The van der Waals surface area contributed by atoms with Gasteiger partial charge in [-0.15, -0.1) is 0 Å². The summed E-state index contributed by atoms with van der Waals surface area (Å²) in [6.07, 6.45) is -3.19. The SMILES string of the molecule is C=CNc1c(N)nc(N2CCOCC2)nc1C(N)=Nc1cc(C(=O)Nc2cc(N(C)CCN(C)C)cc(C(F)(F)F)c2)ccc1C. The van der Waals surface area contributed by atoms with E-state index in [-0.39, 0.29) is 28.6 Å². The van der Waals surface area contributed by atoms with Crippen molar-refractivity contribution in [3.05, 3.63) is 71.6 Å². The molecule has 0 aliphatic carbocycles. The normalized spacial score (nSPS) is 13.9. The van der Waals surface area contributed by atoms with Gasteiger partial charge in [-0.2, -0.15) is 18.2 Å². The van der Waals surface area contributed by atoms with Gasteiger partial charge in [-0.3, -0.25) is 4.79 Å². The van der Waals surface area contributed by atoms with Gasteiger partial charge in [0.15, 0.2) is 11.7 Å². The van der Waals surface area contributed by atoms with E-state index in [4.69, 9.17) is 16.2 Å². The van der Waals surface area contributed by atoms with E-state index in [2.05, 4.69) is 32.2 Å². The van der Waals surface area contributed by atoms with Gasteiger partial charge in [0.25, 0.3) is 5.91 Å². The van der Waals surface area contributed by atoms with Crippen molar-refractivity contribution in [3.8, 4) is 0 Å². The minimum atomic E-state index is -4.60. The van der Waals surface area contributed by atoms with Crippen LogP contribution in [0, 0.1) is 6.92 Å². The lowest BCUT2D eigenvalue weighted by atomic mass is 10.1. The molecule has 1 saturated heterocycles. The second-order valence-corrected chi connectivity index (χ2v) is 11.0. The molecular formula is C31H39F3N10O2. The van der Waals surface area contributed by atoms with Crippen LogP contribution in [0.1, 0.15) is 27.2 Å². The molecule has 2 heterocycles. The Morgan fingerprint density at radius 1 is 1.13 bits per heavy atom. The summed E-state index contributed by atoms with van der Waals surface area (Å²) < 4.78 is 46.7. The number of rotatable bonds is 11. The Balaban J connectivity index is 1.65. The van der Waals surface area contributed by atoms with Crippen LogP contribution < -0.4 is 31.9 Å². The Morgan fingerprint density at radius 3 is 2.50 bits per heavy atom. The number of aromatic nitrogens is 2. The van der Waals surface area contributed by atoms with Gasteiger partial charge in [0, 0.05) is 50.2 Å². The van der Waals surface area contributed by atoms with Crippen LogP contribution >= 0.6 is 0 Å². The fourth-order valence-corrected chi connectivity index (χ4v) is 4.60. The molecule has 4 rings (SSSR count). The minimum absolute atomic E-state index is 0.00287. The van der Waals surface area contributed by atoms with Crippen molar-refractivity contribution in [2.45, 2.75) is 13.1 Å². The number of carbonyl (C=O) groups excluding carboxylic acids is 1. The van der Waals surface area contributed by atoms with Crippen LogP contribution in [0.3, 0.4) is 0 Å². The molecule has 0 saturated carbocycles. The van der Waals surface area contributed by atoms with E-state index in [1.165, 1.54) is 18.3 Å². The minimum Gasteiger partial charge on any atom is -0.382 e. The highest BCUT2D eigenvalue weighted by Gasteiger charge is 2.32. The number of likely N-dealkylation sites (N-methyl/N-ethyl adjacent to an activating group) is 2. The average molecular weight is 641 g/mol. The fourth-order valence-electron chi connectivity index (χ4n) is 4.60. The van der Waals surface area contributed by atoms with E-state index in [1.54, 1.807) is 31.0 Å². The van der Waals surface area contributed by atoms with Gasteiger partial charge < -0.3 is 41.5 Å². The van der Waals surface area contributed by atoms with E-state index in [0.29, 0.717) is 68.0 Å². The largest absolute Gasteiger partial charge is 0.416 e. The zero-order chi connectivity index (χ0) is 33.6. The average Bonchev–Trinajstić information content (AvgIpc) is 3.01. The van der Waals surface area contributed by atoms with Crippen molar-refractivity contribution in [2.24, 2.45) is 10.7 Å². The molecule has 0 bridgehead atoms. The van der Waals surface area contributed by atoms with Crippen molar-refractivity contribution in [2.75, 3.05) is 86.7 Å². The number of halogens is 3. The molecule has 46 heavy (non-hydrogen) atoms. The lowest BCUT2D eigenvalue weighted by Gasteiger charge is -2.27. The number of nitrogens with zero attached hydrogens (tertiary/aromatic N) is 6. The maximum Gasteiger partial charge on any atom is 0.416 e. The third-order valence-corrected chi connectivity index (χ3v) is 7.25. The lowest BCUT2D eigenvalue weighted by molar-refractivity contribution is -0.137. The first-order chi connectivity index (χ1) is 21.8. The molecule has 2 aromatic carbocycles. The lowest BCUT2D eigenvalue weighted by Crippen LogP contribution is -2.38. The number of aliphatic imine (C=N–C) groups is 1. The summed E-state index contributed by atoms with van der Waals surface area (Å²) in [7, 11) is 5.45. The highest BCUT2D eigenvalue weighted by Crippen LogP contribution is 2.35. The maximum absolute atomic E-state index is 13.8. The third-order valence-electron chi connectivity index (χ3n) is 7.25. The van der Waals surface area contributed by atoms with Crippen LogP contribution in [0.25, 0.3) is 0 Å².